The normalized spacial score (nSPS) is 16.7. The van der Waals surface area contributed by atoms with Crippen molar-refractivity contribution in [1.82, 2.24) is 14.8 Å². The van der Waals surface area contributed by atoms with Crippen LogP contribution in [0.3, 0.4) is 0 Å². The Labute approximate surface area is 113 Å². The minimum atomic E-state index is 0.114. The summed E-state index contributed by atoms with van der Waals surface area (Å²) in [6.45, 7) is 8.88. The second-order valence-corrected chi connectivity index (χ2v) is 5.20. The maximum absolute atomic E-state index is 12.2. The molecule has 0 aliphatic carbocycles. The number of nitrogens with one attached hydrogen (secondary N) is 1. The van der Waals surface area contributed by atoms with Crippen molar-refractivity contribution < 1.29 is 9.59 Å². The molecule has 1 aliphatic rings. The molecule has 1 aromatic heterocycles. The third-order valence-corrected chi connectivity index (χ3v) is 3.63. The summed E-state index contributed by atoms with van der Waals surface area (Å²) in [7, 11) is 0. The minimum Gasteiger partial charge on any atom is -0.362 e. The molecule has 1 saturated heterocycles. The van der Waals surface area contributed by atoms with Crippen LogP contribution in [0.2, 0.25) is 0 Å². The van der Waals surface area contributed by atoms with Gasteiger partial charge in [-0.05, 0) is 19.9 Å². The van der Waals surface area contributed by atoms with E-state index in [1.807, 2.05) is 24.8 Å². The molecule has 19 heavy (non-hydrogen) atoms. The summed E-state index contributed by atoms with van der Waals surface area (Å²) < 4.78 is 0. The van der Waals surface area contributed by atoms with Crippen LogP contribution >= 0.6 is 0 Å². The fraction of sp³-hybridized carbons (Fsp3) is 0.571. The minimum absolute atomic E-state index is 0.114. The van der Waals surface area contributed by atoms with Gasteiger partial charge in [0.25, 0.3) is 0 Å². The first-order valence-electron chi connectivity index (χ1n) is 6.64. The van der Waals surface area contributed by atoms with E-state index in [1.165, 1.54) is 0 Å². The van der Waals surface area contributed by atoms with Crippen molar-refractivity contribution in [2.75, 3.05) is 32.7 Å². The second-order valence-electron chi connectivity index (χ2n) is 5.20. The summed E-state index contributed by atoms with van der Waals surface area (Å²) >= 11 is 0. The number of H-pyrrole nitrogens is 1. The molecular weight excluding hydrogens is 242 g/mol. The molecule has 0 radical (unpaired) electrons. The average molecular weight is 263 g/mol. The maximum atomic E-state index is 12.2. The van der Waals surface area contributed by atoms with Crippen LogP contribution in [0.15, 0.2) is 6.07 Å². The van der Waals surface area contributed by atoms with Crippen molar-refractivity contribution in [2.24, 2.45) is 0 Å². The molecule has 0 atom stereocenters. The summed E-state index contributed by atoms with van der Waals surface area (Å²) in [4.78, 5) is 30.5. The van der Waals surface area contributed by atoms with E-state index in [4.69, 9.17) is 0 Å². The molecule has 5 nitrogen and oxygen atoms in total. The van der Waals surface area contributed by atoms with Crippen molar-refractivity contribution in [2.45, 2.75) is 20.8 Å². The third kappa shape index (κ3) is 3.23. The van der Waals surface area contributed by atoms with Crippen LogP contribution < -0.4 is 0 Å². The standard InChI is InChI=1S/C14H21N3O2/c1-10-8-13(11(2)15-10)14(19)9-16-4-6-17(7-5-16)12(3)18/h8,15H,4-7,9H2,1-3H3. The Morgan fingerprint density at radius 1 is 1.21 bits per heavy atom. The number of carbonyl (C=O) groups excluding carboxylic acids is 2. The third-order valence-electron chi connectivity index (χ3n) is 3.63. The highest BCUT2D eigenvalue weighted by atomic mass is 16.2. The van der Waals surface area contributed by atoms with E-state index in [2.05, 4.69) is 9.88 Å². The summed E-state index contributed by atoms with van der Waals surface area (Å²) in [5.41, 5.74) is 2.73. The number of piperazine rings is 1. The Bertz CT molecular complexity index is 485. The fourth-order valence-corrected chi connectivity index (χ4v) is 2.52. The van der Waals surface area contributed by atoms with Gasteiger partial charge >= 0.3 is 0 Å². The van der Waals surface area contributed by atoms with Gasteiger partial charge in [-0.15, -0.1) is 0 Å². The molecule has 0 spiro atoms. The van der Waals surface area contributed by atoms with Gasteiger partial charge in [-0.2, -0.15) is 0 Å². The van der Waals surface area contributed by atoms with Gasteiger partial charge in [0, 0.05) is 50.1 Å². The highest BCUT2D eigenvalue weighted by molar-refractivity contribution is 5.98. The van der Waals surface area contributed by atoms with Gasteiger partial charge in [0.1, 0.15) is 0 Å². The lowest BCUT2D eigenvalue weighted by Crippen LogP contribution is -2.49. The largest absolute Gasteiger partial charge is 0.362 e. The zero-order chi connectivity index (χ0) is 14.0. The number of amides is 1. The summed E-state index contributed by atoms with van der Waals surface area (Å²) in [6, 6.07) is 1.91. The van der Waals surface area contributed by atoms with E-state index in [0.717, 1.165) is 30.0 Å². The Hall–Kier alpha value is -1.62. The van der Waals surface area contributed by atoms with Crippen molar-refractivity contribution in [1.29, 1.82) is 0 Å². The quantitative estimate of drug-likeness (QED) is 0.827. The molecule has 5 heteroatoms. The number of ketones is 1. The van der Waals surface area contributed by atoms with E-state index in [1.54, 1.807) is 6.92 Å². The second kappa shape index (κ2) is 5.57. The van der Waals surface area contributed by atoms with Crippen LogP contribution in [0, 0.1) is 13.8 Å². The Balaban J connectivity index is 1.91. The van der Waals surface area contributed by atoms with Gasteiger partial charge < -0.3 is 9.88 Å². The monoisotopic (exact) mass is 263 g/mol. The molecule has 104 valence electrons. The smallest absolute Gasteiger partial charge is 0.219 e. The fourth-order valence-electron chi connectivity index (χ4n) is 2.52. The molecule has 1 aliphatic heterocycles. The summed E-state index contributed by atoms with van der Waals surface area (Å²) in [5, 5.41) is 0. The molecule has 1 N–H and O–H groups in total. The van der Waals surface area contributed by atoms with Crippen LogP contribution in [0.25, 0.3) is 0 Å². The predicted octanol–water partition coefficient (Wildman–Crippen LogP) is 0.978. The number of nitrogens with zero attached hydrogens (tertiary/aromatic N) is 2. The van der Waals surface area contributed by atoms with Crippen molar-refractivity contribution in [3.05, 3.63) is 23.0 Å². The molecule has 1 fully saturated rings. The lowest BCUT2D eigenvalue weighted by molar-refractivity contribution is -0.130. The molecule has 2 heterocycles. The zero-order valence-corrected chi connectivity index (χ0v) is 11.8. The first-order valence-corrected chi connectivity index (χ1v) is 6.64. The lowest BCUT2D eigenvalue weighted by Gasteiger charge is -2.33. The Kier molecular flexibility index (Phi) is 4.04. The number of aryl methyl sites for hydroxylation is 2. The number of hydrogen-bond donors (Lipinski definition) is 1. The van der Waals surface area contributed by atoms with Crippen molar-refractivity contribution in [3.63, 3.8) is 0 Å². The van der Waals surface area contributed by atoms with Gasteiger partial charge in [-0.1, -0.05) is 0 Å². The van der Waals surface area contributed by atoms with Crippen LogP contribution in [0.4, 0.5) is 0 Å². The maximum Gasteiger partial charge on any atom is 0.219 e. The van der Waals surface area contributed by atoms with E-state index in [-0.39, 0.29) is 11.7 Å². The topological polar surface area (TPSA) is 56.4 Å². The number of hydrogen-bond acceptors (Lipinski definition) is 3. The Morgan fingerprint density at radius 3 is 2.32 bits per heavy atom. The first kappa shape index (κ1) is 13.8. The highest BCUT2D eigenvalue weighted by Crippen LogP contribution is 2.11. The molecule has 0 unspecified atom stereocenters. The number of aromatic amines is 1. The zero-order valence-electron chi connectivity index (χ0n) is 11.8. The molecule has 1 amide bonds. The van der Waals surface area contributed by atoms with Gasteiger partial charge in [0.15, 0.2) is 5.78 Å². The average Bonchev–Trinajstić information content (AvgIpc) is 2.69. The van der Waals surface area contributed by atoms with Crippen molar-refractivity contribution >= 4 is 11.7 Å². The first-order chi connectivity index (χ1) is 8.97. The van der Waals surface area contributed by atoms with E-state index >= 15 is 0 Å². The number of Topliss-reactive ketones (excluding diaryl/α,β-unsaturated/α-hetero) is 1. The molecule has 0 aromatic carbocycles. The van der Waals surface area contributed by atoms with Crippen LogP contribution in [0.1, 0.15) is 28.7 Å². The summed E-state index contributed by atoms with van der Waals surface area (Å²) in [5.74, 6) is 0.265. The number of rotatable bonds is 3. The van der Waals surface area contributed by atoms with Gasteiger partial charge in [-0.3, -0.25) is 14.5 Å². The predicted molar refractivity (Wildman–Crippen MR) is 73.3 cm³/mol. The van der Waals surface area contributed by atoms with E-state index in [9.17, 15) is 9.59 Å². The molecule has 1 aromatic rings. The Morgan fingerprint density at radius 2 is 1.84 bits per heavy atom. The SMILES string of the molecule is CC(=O)N1CCN(CC(=O)c2cc(C)[nH]c2C)CC1. The molecule has 0 bridgehead atoms. The van der Waals surface area contributed by atoms with Gasteiger partial charge in [0.05, 0.1) is 6.54 Å². The summed E-state index contributed by atoms with van der Waals surface area (Å²) in [6.07, 6.45) is 0. The van der Waals surface area contributed by atoms with Gasteiger partial charge in [-0.25, -0.2) is 0 Å². The van der Waals surface area contributed by atoms with Crippen LogP contribution in [-0.2, 0) is 4.79 Å². The number of aromatic nitrogens is 1. The van der Waals surface area contributed by atoms with Crippen LogP contribution in [0.5, 0.6) is 0 Å². The van der Waals surface area contributed by atoms with Crippen LogP contribution in [-0.4, -0.2) is 59.2 Å². The molecule has 0 saturated carbocycles. The molecular formula is C14H21N3O2. The van der Waals surface area contributed by atoms with E-state index in [0.29, 0.717) is 19.6 Å². The van der Waals surface area contributed by atoms with Crippen molar-refractivity contribution in [3.8, 4) is 0 Å². The lowest BCUT2D eigenvalue weighted by atomic mass is 10.1. The number of carbonyl (C=O) groups is 2. The molecule has 2 rings (SSSR count). The van der Waals surface area contributed by atoms with Gasteiger partial charge in [0.2, 0.25) is 5.91 Å². The van der Waals surface area contributed by atoms with E-state index < -0.39 is 0 Å². The highest BCUT2D eigenvalue weighted by Gasteiger charge is 2.21.